The van der Waals surface area contributed by atoms with Gasteiger partial charge in [-0.15, -0.1) is 0 Å². The first-order valence-corrected chi connectivity index (χ1v) is 8.97. The molecule has 1 aliphatic heterocycles. The summed E-state index contributed by atoms with van der Waals surface area (Å²) in [6.07, 6.45) is 2.23. The van der Waals surface area contributed by atoms with E-state index in [4.69, 9.17) is 0 Å². The van der Waals surface area contributed by atoms with Gasteiger partial charge in [0.05, 0.1) is 0 Å². The summed E-state index contributed by atoms with van der Waals surface area (Å²) in [5.41, 5.74) is 2.58. The third-order valence-corrected chi connectivity index (χ3v) is 4.63. The normalized spacial score (nSPS) is 17.0. The van der Waals surface area contributed by atoms with Gasteiger partial charge in [-0.1, -0.05) is 51.5 Å². The van der Waals surface area contributed by atoms with E-state index < -0.39 is 0 Å². The lowest BCUT2D eigenvalue weighted by Crippen LogP contribution is -2.93. The Morgan fingerprint density at radius 3 is 2.42 bits per heavy atom. The Hall–Kier alpha value is -1.88. The number of benzene rings is 1. The zero-order chi connectivity index (χ0) is 17.7. The Kier molecular flexibility index (Phi) is 6.37. The Bertz CT molecular complexity index is 568. The monoisotopic (exact) mass is 332 g/mol. The first kappa shape index (κ1) is 18.5. The minimum atomic E-state index is -0.281. The van der Waals surface area contributed by atoms with Gasteiger partial charge in [-0.3, -0.25) is 9.69 Å². The SMILES string of the molecule is CCCc1ccc([C@@H]([NH2+][C@H](C)C(=O)N2CCNC2=O)C(C)C)cc1. The summed E-state index contributed by atoms with van der Waals surface area (Å²) in [5.74, 6) is 0.280. The molecule has 1 aromatic carbocycles. The fourth-order valence-electron chi connectivity index (χ4n) is 3.23. The van der Waals surface area contributed by atoms with Crippen molar-refractivity contribution in [3.05, 3.63) is 35.4 Å². The van der Waals surface area contributed by atoms with Crippen LogP contribution in [0.15, 0.2) is 24.3 Å². The number of urea groups is 1. The number of aryl methyl sites for hydroxylation is 1. The summed E-state index contributed by atoms with van der Waals surface area (Å²) >= 11 is 0. The minimum Gasteiger partial charge on any atom is -0.336 e. The van der Waals surface area contributed by atoms with Crippen LogP contribution in [0.5, 0.6) is 0 Å². The summed E-state index contributed by atoms with van der Waals surface area (Å²) in [5, 5.41) is 4.77. The van der Waals surface area contributed by atoms with E-state index in [0.29, 0.717) is 19.0 Å². The lowest BCUT2D eigenvalue weighted by Gasteiger charge is -2.25. The molecule has 1 aliphatic rings. The average Bonchev–Trinajstić information content (AvgIpc) is 2.98. The van der Waals surface area contributed by atoms with Crippen molar-refractivity contribution >= 4 is 11.9 Å². The van der Waals surface area contributed by atoms with Crippen LogP contribution in [0.4, 0.5) is 4.79 Å². The van der Waals surface area contributed by atoms with E-state index in [-0.39, 0.29) is 24.0 Å². The summed E-state index contributed by atoms with van der Waals surface area (Å²) < 4.78 is 0. The maximum atomic E-state index is 12.5. The largest absolute Gasteiger partial charge is 0.336 e. The number of hydrogen-bond donors (Lipinski definition) is 2. The molecule has 24 heavy (non-hydrogen) atoms. The van der Waals surface area contributed by atoms with Gasteiger partial charge in [-0.2, -0.15) is 0 Å². The standard InChI is InChI=1S/C19H29N3O2/c1-5-6-15-7-9-16(10-8-15)17(13(2)3)21-14(4)18(23)22-12-11-20-19(22)24/h7-10,13-14,17,21H,5-6,11-12H2,1-4H3,(H,20,24)/p+1/t14-,17+/m1/s1. The van der Waals surface area contributed by atoms with Crippen molar-refractivity contribution in [3.8, 4) is 0 Å². The number of nitrogens with one attached hydrogen (secondary N) is 1. The van der Waals surface area contributed by atoms with Gasteiger partial charge in [-0.05, 0) is 18.9 Å². The van der Waals surface area contributed by atoms with Crippen molar-refractivity contribution in [2.24, 2.45) is 5.92 Å². The second-order valence-corrected chi connectivity index (χ2v) is 6.96. The van der Waals surface area contributed by atoms with Crippen molar-refractivity contribution in [2.45, 2.75) is 52.6 Å². The molecule has 5 heteroatoms. The van der Waals surface area contributed by atoms with Crippen LogP contribution in [0.1, 0.15) is 51.3 Å². The number of rotatable bonds is 7. The maximum Gasteiger partial charge on any atom is 0.324 e. The maximum absolute atomic E-state index is 12.5. The van der Waals surface area contributed by atoms with Crippen molar-refractivity contribution in [1.82, 2.24) is 10.2 Å². The molecule has 5 nitrogen and oxygen atoms in total. The van der Waals surface area contributed by atoms with Crippen LogP contribution in [0.3, 0.4) is 0 Å². The van der Waals surface area contributed by atoms with Crippen LogP contribution >= 0.6 is 0 Å². The highest BCUT2D eigenvalue weighted by atomic mass is 16.2. The molecule has 132 valence electrons. The summed E-state index contributed by atoms with van der Waals surface area (Å²) in [4.78, 5) is 25.5. The number of quaternary nitrogens is 1. The third-order valence-electron chi connectivity index (χ3n) is 4.63. The van der Waals surface area contributed by atoms with E-state index in [2.05, 4.69) is 55.7 Å². The van der Waals surface area contributed by atoms with Gasteiger partial charge >= 0.3 is 6.03 Å². The molecule has 0 saturated carbocycles. The zero-order valence-electron chi connectivity index (χ0n) is 15.2. The van der Waals surface area contributed by atoms with Gasteiger partial charge in [-0.25, -0.2) is 4.79 Å². The van der Waals surface area contributed by atoms with Crippen LogP contribution in [-0.4, -0.2) is 36.0 Å². The first-order valence-electron chi connectivity index (χ1n) is 8.97. The fourth-order valence-corrected chi connectivity index (χ4v) is 3.23. The predicted molar refractivity (Wildman–Crippen MR) is 94.5 cm³/mol. The molecular weight excluding hydrogens is 302 g/mol. The second-order valence-electron chi connectivity index (χ2n) is 6.96. The molecule has 0 radical (unpaired) electrons. The number of nitrogens with two attached hydrogens (primary N) is 1. The van der Waals surface area contributed by atoms with Crippen molar-refractivity contribution < 1.29 is 14.9 Å². The smallest absolute Gasteiger partial charge is 0.324 e. The van der Waals surface area contributed by atoms with Crippen LogP contribution in [-0.2, 0) is 11.2 Å². The van der Waals surface area contributed by atoms with Crippen LogP contribution < -0.4 is 10.6 Å². The molecule has 3 N–H and O–H groups in total. The molecule has 0 aromatic heterocycles. The summed E-state index contributed by atoms with van der Waals surface area (Å²) in [7, 11) is 0. The molecule has 1 heterocycles. The first-order chi connectivity index (χ1) is 11.4. The second kappa shape index (κ2) is 8.29. The Labute approximate surface area is 144 Å². The average molecular weight is 332 g/mol. The number of carbonyl (C=O) groups excluding carboxylic acids is 2. The minimum absolute atomic E-state index is 0.113. The predicted octanol–water partition coefficient (Wildman–Crippen LogP) is 1.84. The van der Waals surface area contributed by atoms with Crippen molar-refractivity contribution in [2.75, 3.05) is 13.1 Å². The molecule has 0 aliphatic carbocycles. The van der Waals surface area contributed by atoms with Crippen LogP contribution in [0.25, 0.3) is 0 Å². The highest BCUT2D eigenvalue weighted by Gasteiger charge is 2.33. The highest BCUT2D eigenvalue weighted by molar-refractivity contribution is 5.97. The van der Waals surface area contributed by atoms with Gasteiger partial charge in [0, 0.05) is 24.6 Å². The lowest BCUT2D eigenvalue weighted by molar-refractivity contribution is -0.719. The molecular formula is C19H30N3O2+. The molecule has 0 bridgehead atoms. The molecule has 1 saturated heterocycles. The van der Waals surface area contributed by atoms with Gasteiger partial charge in [0.25, 0.3) is 5.91 Å². The van der Waals surface area contributed by atoms with Crippen LogP contribution in [0.2, 0.25) is 0 Å². The molecule has 1 aromatic rings. The van der Waals surface area contributed by atoms with Crippen molar-refractivity contribution in [3.63, 3.8) is 0 Å². The van der Waals surface area contributed by atoms with E-state index in [0.717, 1.165) is 12.8 Å². The number of hydrogen-bond acceptors (Lipinski definition) is 2. The lowest BCUT2D eigenvalue weighted by atomic mass is 9.94. The Balaban J connectivity index is 2.07. The van der Waals surface area contributed by atoms with Gasteiger partial charge in [0.15, 0.2) is 6.04 Å². The molecule has 1 fully saturated rings. The van der Waals surface area contributed by atoms with E-state index >= 15 is 0 Å². The van der Waals surface area contributed by atoms with E-state index in [1.807, 2.05) is 6.92 Å². The molecule has 2 rings (SSSR count). The molecule has 3 amide bonds. The Morgan fingerprint density at radius 2 is 1.92 bits per heavy atom. The van der Waals surface area contributed by atoms with Gasteiger partial charge in [0.1, 0.15) is 6.04 Å². The highest BCUT2D eigenvalue weighted by Crippen LogP contribution is 2.19. The van der Waals surface area contributed by atoms with Gasteiger partial charge < -0.3 is 10.6 Å². The summed E-state index contributed by atoms with van der Waals surface area (Å²) in [6, 6.07) is 8.36. The molecule has 0 unspecified atom stereocenters. The number of nitrogens with zero attached hydrogens (tertiary/aromatic N) is 1. The Morgan fingerprint density at radius 1 is 1.25 bits per heavy atom. The van der Waals surface area contributed by atoms with E-state index in [1.54, 1.807) is 0 Å². The quantitative estimate of drug-likeness (QED) is 0.800. The molecule has 0 spiro atoms. The van der Waals surface area contributed by atoms with Gasteiger partial charge in [0.2, 0.25) is 0 Å². The van der Waals surface area contributed by atoms with E-state index in [9.17, 15) is 9.59 Å². The third kappa shape index (κ3) is 4.35. The number of imide groups is 1. The number of amides is 3. The molecule has 2 atom stereocenters. The zero-order valence-corrected chi connectivity index (χ0v) is 15.2. The van der Waals surface area contributed by atoms with Crippen LogP contribution in [0, 0.1) is 5.92 Å². The van der Waals surface area contributed by atoms with E-state index in [1.165, 1.54) is 16.0 Å². The topological polar surface area (TPSA) is 66.0 Å². The summed E-state index contributed by atoms with van der Waals surface area (Å²) in [6.45, 7) is 9.41. The van der Waals surface area contributed by atoms with Crippen molar-refractivity contribution in [1.29, 1.82) is 0 Å². The number of carbonyl (C=O) groups is 2. The fraction of sp³-hybridized carbons (Fsp3) is 0.579.